The predicted molar refractivity (Wildman–Crippen MR) is 130 cm³/mol. The standard InChI is InChI=1S/C27H30O3S/c1-27(20-24(30-3)16-18-29-2,31-25-11-5-4-6-12-25)17-15-26(28)23-14-13-21-9-7-8-10-22(21)19-23/h4-14,19-20H,15-18H2,1-3H3. The van der Waals surface area contributed by atoms with E-state index in [1.54, 1.807) is 26.0 Å². The van der Waals surface area contributed by atoms with E-state index in [2.05, 4.69) is 31.2 Å². The van der Waals surface area contributed by atoms with Crippen molar-refractivity contribution in [1.29, 1.82) is 0 Å². The second-order valence-electron chi connectivity index (χ2n) is 7.77. The molecule has 3 nitrogen and oxygen atoms in total. The van der Waals surface area contributed by atoms with E-state index < -0.39 is 0 Å². The van der Waals surface area contributed by atoms with Crippen LogP contribution in [0.25, 0.3) is 10.8 Å². The number of rotatable bonds is 11. The molecule has 0 fully saturated rings. The molecule has 0 aliphatic rings. The van der Waals surface area contributed by atoms with Crippen LogP contribution in [0, 0.1) is 0 Å². The van der Waals surface area contributed by atoms with Crippen molar-refractivity contribution < 1.29 is 14.3 Å². The zero-order valence-corrected chi connectivity index (χ0v) is 19.3. The minimum absolute atomic E-state index is 0.162. The van der Waals surface area contributed by atoms with E-state index >= 15 is 0 Å². The molecule has 3 rings (SSSR count). The first-order chi connectivity index (χ1) is 15.0. The van der Waals surface area contributed by atoms with Crippen LogP contribution in [0.4, 0.5) is 0 Å². The van der Waals surface area contributed by atoms with Gasteiger partial charge in [0.05, 0.1) is 19.5 Å². The summed E-state index contributed by atoms with van der Waals surface area (Å²) in [5, 5.41) is 2.24. The molecule has 0 bridgehead atoms. The van der Waals surface area contributed by atoms with Gasteiger partial charge in [0.25, 0.3) is 0 Å². The zero-order chi connectivity index (χ0) is 22.1. The first kappa shape index (κ1) is 23.1. The third kappa shape index (κ3) is 6.71. The second-order valence-corrected chi connectivity index (χ2v) is 9.38. The highest BCUT2D eigenvalue weighted by Gasteiger charge is 2.26. The molecule has 31 heavy (non-hydrogen) atoms. The average Bonchev–Trinajstić information content (AvgIpc) is 2.80. The Kier molecular flexibility index (Phi) is 8.33. The molecule has 1 atom stereocenters. The third-order valence-corrected chi connectivity index (χ3v) is 6.59. The molecule has 0 amide bonds. The van der Waals surface area contributed by atoms with Crippen LogP contribution in [-0.4, -0.2) is 31.4 Å². The van der Waals surface area contributed by atoms with E-state index in [-0.39, 0.29) is 10.5 Å². The van der Waals surface area contributed by atoms with Crippen LogP contribution in [0.15, 0.2) is 89.5 Å². The summed E-state index contributed by atoms with van der Waals surface area (Å²) in [5.74, 6) is 1.04. The number of carbonyl (C=O) groups is 1. The van der Waals surface area contributed by atoms with Crippen molar-refractivity contribution in [3.63, 3.8) is 0 Å². The fourth-order valence-corrected chi connectivity index (χ4v) is 4.78. The summed E-state index contributed by atoms with van der Waals surface area (Å²) < 4.78 is 10.5. The molecular weight excluding hydrogens is 404 g/mol. The van der Waals surface area contributed by atoms with Gasteiger partial charge in [0.15, 0.2) is 5.78 Å². The van der Waals surface area contributed by atoms with Gasteiger partial charge in [-0.1, -0.05) is 54.6 Å². The fourth-order valence-electron chi connectivity index (χ4n) is 3.56. The Morgan fingerprint density at radius 1 is 0.935 bits per heavy atom. The Bertz CT molecular complexity index is 1030. The molecule has 3 aromatic carbocycles. The van der Waals surface area contributed by atoms with E-state index in [1.807, 2.05) is 54.6 Å². The Morgan fingerprint density at radius 2 is 1.65 bits per heavy atom. The van der Waals surface area contributed by atoms with Crippen molar-refractivity contribution in [2.75, 3.05) is 20.8 Å². The lowest BCUT2D eigenvalue weighted by molar-refractivity contribution is 0.0978. The summed E-state index contributed by atoms with van der Waals surface area (Å²) in [4.78, 5) is 14.2. The highest BCUT2D eigenvalue weighted by molar-refractivity contribution is 8.00. The van der Waals surface area contributed by atoms with Gasteiger partial charge in [0.2, 0.25) is 0 Å². The first-order valence-electron chi connectivity index (χ1n) is 10.5. The maximum atomic E-state index is 13.0. The van der Waals surface area contributed by atoms with Crippen molar-refractivity contribution in [3.05, 3.63) is 90.2 Å². The number of ether oxygens (including phenoxy) is 2. The summed E-state index contributed by atoms with van der Waals surface area (Å²) in [7, 11) is 3.38. The Morgan fingerprint density at radius 3 is 2.35 bits per heavy atom. The fraction of sp³-hybridized carbons (Fsp3) is 0.296. The number of fused-ring (bicyclic) bond motifs is 1. The molecule has 0 saturated heterocycles. The van der Waals surface area contributed by atoms with Gasteiger partial charge in [-0.25, -0.2) is 0 Å². The molecule has 1 unspecified atom stereocenters. The zero-order valence-electron chi connectivity index (χ0n) is 18.5. The summed E-state index contributed by atoms with van der Waals surface area (Å²) in [6.45, 7) is 2.77. The van der Waals surface area contributed by atoms with Crippen LogP contribution in [0.2, 0.25) is 0 Å². The average molecular weight is 435 g/mol. The molecular formula is C27H30O3S. The lowest BCUT2D eigenvalue weighted by Gasteiger charge is -2.27. The van der Waals surface area contributed by atoms with E-state index in [0.29, 0.717) is 25.9 Å². The molecule has 0 aliphatic heterocycles. The van der Waals surface area contributed by atoms with Gasteiger partial charge in [-0.2, -0.15) is 0 Å². The molecule has 0 N–H and O–H groups in total. The normalized spacial score (nSPS) is 13.7. The van der Waals surface area contributed by atoms with Crippen LogP contribution in [0.3, 0.4) is 0 Å². The summed E-state index contributed by atoms with van der Waals surface area (Å²) in [6, 6.07) is 24.4. The van der Waals surface area contributed by atoms with Crippen LogP contribution < -0.4 is 0 Å². The number of benzene rings is 3. The summed E-state index contributed by atoms with van der Waals surface area (Å²) >= 11 is 1.76. The van der Waals surface area contributed by atoms with Gasteiger partial charge < -0.3 is 9.47 Å². The van der Waals surface area contributed by atoms with Gasteiger partial charge in [0, 0.05) is 35.2 Å². The van der Waals surface area contributed by atoms with Crippen molar-refractivity contribution in [1.82, 2.24) is 0 Å². The van der Waals surface area contributed by atoms with Gasteiger partial charge in [0.1, 0.15) is 0 Å². The first-order valence-corrected chi connectivity index (χ1v) is 11.4. The minimum Gasteiger partial charge on any atom is -0.501 e. The molecule has 0 aromatic heterocycles. The number of methoxy groups -OCH3 is 2. The highest BCUT2D eigenvalue weighted by Crippen LogP contribution is 2.39. The molecule has 0 spiro atoms. The molecule has 162 valence electrons. The largest absolute Gasteiger partial charge is 0.501 e. The lowest BCUT2D eigenvalue weighted by atomic mass is 9.97. The molecule has 3 aromatic rings. The van der Waals surface area contributed by atoms with Crippen LogP contribution in [0.1, 0.15) is 36.5 Å². The third-order valence-electron chi connectivity index (χ3n) is 5.30. The van der Waals surface area contributed by atoms with E-state index in [1.165, 1.54) is 4.90 Å². The van der Waals surface area contributed by atoms with Gasteiger partial charge in [-0.05, 0) is 48.4 Å². The topological polar surface area (TPSA) is 35.5 Å². The lowest BCUT2D eigenvalue weighted by Crippen LogP contribution is -2.20. The van der Waals surface area contributed by atoms with E-state index in [4.69, 9.17) is 9.47 Å². The molecule has 0 aliphatic carbocycles. The second kappa shape index (κ2) is 11.2. The summed E-state index contributed by atoms with van der Waals surface area (Å²) in [6.07, 6.45) is 4.03. The minimum atomic E-state index is -0.285. The Labute approximate surface area is 189 Å². The van der Waals surface area contributed by atoms with Gasteiger partial charge >= 0.3 is 0 Å². The number of hydrogen-bond donors (Lipinski definition) is 0. The maximum absolute atomic E-state index is 13.0. The van der Waals surface area contributed by atoms with Crippen molar-refractivity contribution in [2.45, 2.75) is 35.8 Å². The Hall–Kier alpha value is -2.56. The van der Waals surface area contributed by atoms with Crippen LogP contribution in [-0.2, 0) is 9.47 Å². The number of thioether (sulfide) groups is 1. The maximum Gasteiger partial charge on any atom is 0.162 e. The van der Waals surface area contributed by atoms with Gasteiger partial charge in [-0.15, -0.1) is 11.8 Å². The Balaban J connectivity index is 1.79. The number of carbonyl (C=O) groups excluding carboxylic acids is 1. The molecule has 0 saturated carbocycles. The highest BCUT2D eigenvalue weighted by atomic mass is 32.2. The van der Waals surface area contributed by atoms with Crippen LogP contribution >= 0.6 is 11.8 Å². The molecule has 0 heterocycles. The van der Waals surface area contributed by atoms with Crippen molar-refractivity contribution in [3.8, 4) is 0 Å². The van der Waals surface area contributed by atoms with Crippen molar-refractivity contribution >= 4 is 28.3 Å². The predicted octanol–water partition coefficient (Wildman–Crippen LogP) is 6.92. The number of hydrogen-bond acceptors (Lipinski definition) is 4. The van der Waals surface area contributed by atoms with E-state index in [0.717, 1.165) is 22.1 Å². The smallest absolute Gasteiger partial charge is 0.162 e. The van der Waals surface area contributed by atoms with Crippen molar-refractivity contribution in [2.24, 2.45) is 0 Å². The van der Waals surface area contributed by atoms with E-state index in [9.17, 15) is 4.79 Å². The quantitative estimate of drug-likeness (QED) is 0.186. The summed E-state index contributed by atoms with van der Waals surface area (Å²) in [5.41, 5.74) is 0.765. The molecule has 0 radical (unpaired) electrons. The van der Waals surface area contributed by atoms with Crippen LogP contribution in [0.5, 0.6) is 0 Å². The van der Waals surface area contributed by atoms with Gasteiger partial charge in [-0.3, -0.25) is 4.79 Å². The SMILES string of the molecule is COCCC(=CC(C)(CCC(=O)c1ccc2ccccc2c1)Sc1ccccc1)OC. The molecule has 4 heteroatoms. The number of Topliss-reactive ketones (excluding diaryl/α,β-unsaturated/α-hetero) is 1. The monoisotopic (exact) mass is 434 g/mol. The number of ketones is 1.